The summed E-state index contributed by atoms with van der Waals surface area (Å²) in [5.74, 6) is 1.40. The largest absolute Gasteiger partial charge is 0.502 e. The summed E-state index contributed by atoms with van der Waals surface area (Å²) in [5.41, 5.74) is 7.74. The Kier molecular flexibility index (Phi) is 10.4. The van der Waals surface area contributed by atoms with Crippen molar-refractivity contribution < 1.29 is 44.1 Å². The molecule has 2 aliphatic heterocycles. The molecule has 58 heavy (non-hydrogen) atoms. The molecule has 0 unspecified atom stereocenters. The Labute approximate surface area is 340 Å². The van der Waals surface area contributed by atoms with E-state index >= 15 is 0 Å². The van der Waals surface area contributed by atoms with Crippen LogP contribution in [-0.4, -0.2) is 67.7 Å². The number of aliphatic hydroxyl groups is 3. The SMILES string of the molecule is CCNCOc1cc(OC)c2c3c1[C@@H](O)Nc1cc4c(c(c1-3)CC2)[C@@H](O)[C@H](c1cc(OC)c(O)c(OC[C@@H](CO)[C@@]2(c3ccccc3)CCC3(CCCC3)C2)c1)CO4. The summed E-state index contributed by atoms with van der Waals surface area (Å²) in [4.78, 5) is 0. The highest BCUT2D eigenvalue weighted by atomic mass is 16.5. The first kappa shape index (κ1) is 38.8. The first-order valence-electron chi connectivity index (χ1n) is 21.0. The van der Waals surface area contributed by atoms with Crippen molar-refractivity contribution >= 4 is 5.69 Å². The van der Waals surface area contributed by atoms with Gasteiger partial charge in [-0.15, -0.1) is 0 Å². The van der Waals surface area contributed by atoms with Gasteiger partial charge in [-0.2, -0.15) is 0 Å². The van der Waals surface area contributed by atoms with Crippen molar-refractivity contribution in [1.29, 1.82) is 0 Å². The average molecular weight is 793 g/mol. The van der Waals surface area contributed by atoms with Gasteiger partial charge in [0.2, 0.25) is 5.75 Å². The summed E-state index contributed by atoms with van der Waals surface area (Å²) in [5, 5.41) is 52.8. The minimum atomic E-state index is -1.03. The second-order valence-corrected chi connectivity index (χ2v) is 17.0. The molecule has 9 rings (SSSR count). The highest BCUT2D eigenvalue weighted by Crippen LogP contribution is 2.61. The van der Waals surface area contributed by atoms with Crippen LogP contribution < -0.4 is 34.3 Å². The van der Waals surface area contributed by atoms with Crippen molar-refractivity contribution in [3.05, 3.63) is 88.0 Å². The maximum Gasteiger partial charge on any atom is 0.200 e. The number of phenolic OH excluding ortho intramolecular Hbond substituents is 1. The number of methoxy groups -OCH3 is 2. The van der Waals surface area contributed by atoms with Gasteiger partial charge < -0.3 is 49.4 Å². The summed E-state index contributed by atoms with van der Waals surface area (Å²) in [6.45, 7) is 3.32. The highest BCUT2D eigenvalue weighted by Gasteiger charge is 2.53. The van der Waals surface area contributed by atoms with Crippen molar-refractivity contribution in [3.8, 4) is 45.6 Å². The van der Waals surface area contributed by atoms with E-state index in [1.54, 1.807) is 19.2 Å². The smallest absolute Gasteiger partial charge is 0.200 e. The van der Waals surface area contributed by atoms with Crippen molar-refractivity contribution in [1.82, 2.24) is 5.32 Å². The van der Waals surface area contributed by atoms with Crippen LogP contribution in [0, 0.1) is 11.3 Å². The number of nitrogens with one attached hydrogen (secondary N) is 2. The quantitative estimate of drug-likeness (QED) is 0.0593. The highest BCUT2D eigenvalue weighted by molar-refractivity contribution is 5.93. The number of benzene rings is 4. The number of hydrogen-bond donors (Lipinski definition) is 6. The number of phenols is 1. The van der Waals surface area contributed by atoms with Crippen molar-refractivity contribution in [2.24, 2.45) is 11.3 Å². The van der Waals surface area contributed by atoms with Crippen molar-refractivity contribution in [2.45, 2.75) is 88.4 Å². The third kappa shape index (κ3) is 6.33. The molecular weight excluding hydrogens is 737 g/mol. The molecule has 0 radical (unpaired) electrons. The fourth-order valence-electron chi connectivity index (χ4n) is 11.2. The van der Waals surface area contributed by atoms with Gasteiger partial charge >= 0.3 is 0 Å². The van der Waals surface area contributed by atoms with E-state index in [-0.39, 0.29) is 55.1 Å². The summed E-state index contributed by atoms with van der Waals surface area (Å²) >= 11 is 0. The number of fused-ring (bicyclic) bond motifs is 2. The number of anilines is 1. The van der Waals surface area contributed by atoms with Crippen LogP contribution in [0.1, 0.15) is 103 Å². The lowest BCUT2D eigenvalue weighted by atomic mass is 9.67. The van der Waals surface area contributed by atoms with Gasteiger partial charge in [-0.1, -0.05) is 50.1 Å². The minimum absolute atomic E-state index is 0.0481. The van der Waals surface area contributed by atoms with Crippen molar-refractivity contribution in [3.63, 3.8) is 0 Å². The zero-order valence-electron chi connectivity index (χ0n) is 33.7. The van der Waals surface area contributed by atoms with Gasteiger partial charge in [0, 0.05) is 63.9 Å². The Hall–Kier alpha value is -4.68. The lowest BCUT2D eigenvalue weighted by molar-refractivity contribution is 0.0848. The van der Waals surface area contributed by atoms with Gasteiger partial charge in [-0.3, -0.25) is 5.32 Å². The predicted molar refractivity (Wildman–Crippen MR) is 220 cm³/mol. The van der Waals surface area contributed by atoms with Crippen LogP contribution in [0.25, 0.3) is 11.1 Å². The van der Waals surface area contributed by atoms with Gasteiger partial charge in [0.25, 0.3) is 0 Å². The molecule has 11 heteroatoms. The van der Waals surface area contributed by atoms with E-state index < -0.39 is 18.2 Å². The predicted octanol–water partition coefficient (Wildman–Crippen LogP) is 7.42. The standard InChI is InChI=1S/C47H56N2O9/c1-4-48-26-58-36-21-34(54-2)30-12-13-31-39-33(49-45(53)42(36)41(30)39)20-35-40(31)43(51)32(24-57-35)27-18-37(55-3)44(52)38(19-27)56-23-29(22-50)47(28-10-6-5-7-11-28)17-16-46(25-47)14-8-9-15-46/h5-7,10-11,18-21,29,32,43,45,48-53H,4,8-9,12-17,22-26H2,1-3H3/t29-,32+,43+,45-,47+/m1/s1. The number of aromatic hydroxyl groups is 1. The molecule has 11 nitrogen and oxygen atoms in total. The summed E-state index contributed by atoms with van der Waals surface area (Å²) in [7, 11) is 3.15. The molecule has 5 atom stereocenters. The summed E-state index contributed by atoms with van der Waals surface area (Å²) in [6.07, 6.45) is 7.37. The maximum atomic E-state index is 12.4. The molecule has 0 amide bonds. The fraction of sp³-hybridized carbons (Fsp3) is 0.489. The summed E-state index contributed by atoms with van der Waals surface area (Å²) < 4.78 is 30.7. The monoisotopic (exact) mass is 792 g/mol. The van der Waals surface area contributed by atoms with E-state index in [1.807, 2.05) is 25.1 Å². The molecular formula is C47H56N2O9. The van der Waals surface area contributed by atoms with Crippen LogP contribution in [0.4, 0.5) is 5.69 Å². The van der Waals surface area contributed by atoms with E-state index in [0.717, 1.165) is 53.7 Å². The molecule has 2 heterocycles. The Balaban J connectivity index is 1.05. The molecule has 6 N–H and O–H groups in total. The van der Waals surface area contributed by atoms with E-state index in [1.165, 1.54) is 38.4 Å². The molecule has 1 spiro atoms. The Bertz CT molecular complexity index is 2170. The normalized spacial score (nSPS) is 24.0. The number of ether oxygens (including phenoxy) is 5. The fourth-order valence-corrected chi connectivity index (χ4v) is 11.2. The molecule has 0 aromatic heterocycles. The van der Waals surface area contributed by atoms with E-state index in [4.69, 9.17) is 23.7 Å². The van der Waals surface area contributed by atoms with Crippen LogP contribution >= 0.6 is 0 Å². The van der Waals surface area contributed by atoms with Crippen LogP contribution in [0.15, 0.2) is 54.6 Å². The van der Waals surface area contributed by atoms with E-state index in [2.05, 4.69) is 34.9 Å². The molecule has 2 fully saturated rings. The van der Waals surface area contributed by atoms with Gasteiger partial charge in [0.05, 0.1) is 39.1 Å². The molecule has 2 saturated carbocycles. The second kappa shape index (κ2) is 15.5. The van der Waals surface area contributed by atoms with Crippen LogP contribution in [0.3, 0.4) is 0 Å². The number of rotatable bonds is 13. The van der Waals surface area contributed by atoms with E-state index in [0.29, 0.717) is 52.2 Å². The first-order chi connectivity index (χ1) is 28.2. The zero-order valence-corrected chi connectivity index (χ0v) is 33.7. The van der Waals surface area contributed by atoms with Crippen LogP contribution in [0.5, 0.6) is 34.5 Å². The van der Waals surface area contributed by atoms with Gasteiger partial charge in [-0.05, 0) is 85.7 Å². The number of hydrogen-bond acceptors (Lipinski definition) is 11. The molecule has 0 saturated heterocycles. The van der Waals surface area contributed by atoms with Gasteiger partial charge in [-0.25, -0.2) is 0 Å². The lowest BCUT2D eigenvalue weighted by Crippen LogP contribution is -2.40. The second-order valence-electron chi connectivity index (χ2n) is 17.0. The third-order valence-corrected chi connectivity index (χ3v) is 14.1. The number of aliphatic hydroxyl groups excluding tert-OH is 3. The summed E-state index contributed by atoms with van der Waals surface area (Å²) in [6, 6.07) is 17.8. The van der Waals surface area contributed by atoms with E-state index in [9.17, 15) is 20.4 Å². The molecule has 308 valence electrons. The van der Waals surface area contributed by atoms with Crippen molar-refractivity contribution in [2.75, 3.05) is 52.6 Å². The third-order valence-electron chi connectivity index (χ3n) is 14.1. The van der Waals surface area contributed by atoms with Crippen LogP contribution in [-0.2, 0) is 18.3 Å². The average Bonchev–Trinajstić information content (AvgIpc) is 3.87. The van der Waals surface area contributed by atoms with Gasteiger partial charge in [0.15, 0.2) is 17.7 Å². The Morgan fingerprint density at radius 1 is 0.862 bits per heavy atom. The van der Waals surface area contributed by atoms with Crippen LogP contribution in [0.2, 0.25) is 0 Å². The molecule has 4 aromatic rings. The first-order valence-corrected chi connectivity index (χ1v) is 21.0. The topological polar surface area (TPSA) is 151 Å². The zero-order chi connectivity index (χ0) is 40.2. The van der Waals surface area contributed by atoms with Gasteiger partial charge in [0.1, 0.15) is 24.0 Å². The molecule has 0 bridgehead atoms. The Morgan fingerprint density at radius 2 is 1.62 bits per heavy atom. The Morgan fingerprint density at radius 3 is 2.36 bits per heavy atom. The molecule has 3 aliphatic carbocycles. The minimum Gasteiger partial charge on any atom is -0.502 e. The maximum absolute atomic E-state index is 12.4. The molecule has 5 aliphatic rings. The lowest BCUT2D eigenvalue weighted by Gasteiger charge is -2.39. The molecule has 4 aromatic carbocycles.